The van der Waals surface area contributed by atoms with Crippen molar-refractivity contribution in [1.29, 1.82) is 0 Å². The van der Waals surface area contributed by atoms with Crippen molar-refractivity contribution in [2.75, 3.05) is 5.32 Å². The zero-order chi connectivity index (χ0) is 23.8. The lowest BCUT2D eigenvalue weighted by Crippen LogP contribution is -2.15. The quantitative estimate of drug-likeness (QED) is 0.418. The number of benzene rings is 1. The van der Waals surface area contributed by atoms with E-state index in [1.54, 1.807) is 39.4 Å². The van der Waals surface area contributed by atoms with Gasteiger partial charge < -0.3 is 10.1 Å². The smallest absolute Gasteiger partial charge is 0.274 e. The molecule has 0 radical (unpaired) electrons. The van der Waals surface area contributed by atoms with E-state index < -0.39 is 0 Å². The van der Waals surface area contributed by atoms with E-state index in [1.165, 1.54) is 0 Å². The van der Waals surface area contributed by atoms with Crippen LogP contribution in [0.4, 0.5) is 5.69 Å². The molecule has 0 aliphatic carbocycles. The SMILES string of the molecule is Cc1cc(C)n(-c2cc(Oc3ccc(NC(=O)c4c(C)nc5ccccn45)cc3)nc(C)n2)n1. The first-order chi connectivity index (χ1) is 16.4. The summed E-state index contributed by atoms with van der Waals surface area (Å²) in [5.74, 6) is 1.98. The number of carbonyl (C=O) groups excluding carboxylic acids is 1. The highest BCUT2D eigenvalue weighted by Gasteiger charge is 2.16. The highest BCUT2D eigenvalue weighted by Crippen LogP contribution is 2.24. The average molecular weight is 454 g/mol. The number of amides is 1. The molecular formula is C25H23N7O2. The highest BCUT2D eigenvalue weighted by molar-refractivity contribution is 6.04. The number of imidazole rings is 1. The number of nitrogens with one attached hydrogen (secondary N) is 1. The van der Waals surface area contributed by atoms with Gasteiger partial charge in [-0.3, -0.25) is 9.20 Å². The van der Waals surface area contributed by atoms with Crippen molar-refractivity contribution in [2.24, 2.45) is 0 Å². The molecule has 0 spiro atoms. The second kappa shape index (κ2) is 8.43. The minimum Gasteiger partial charge on any atom is -0.439 e. The molecule has 0 aliphatic rings. The molecule has 170 valence electrons. The van der Waals surface area contributed by atoms with Gasteiger partial charge >= 0.3 is 0 Å². The molecule has 0 fully saturated rings. The molecule has 5 aromatic rings. The minimum atomic E-state index is -0.231. The highest BCUT2D eigenvalue weighted by atomic mass is 16.5. The van der Waals surface area contributed by atoms with Crippen LogP contribution in [-0.4, -0.2) is 35.0 Å². The maximum absolute atomic E-state index is 12.9. The number of fused-ring (bicyclic) bond motifs is 1. The van der Waals surface area contributed by atoms with Crippen molar-refractivity contribution >= 4 is 17.2 Å². The monoisotopic (exact) mass is 453 g/mol. The second-order valence-corrected chi connectivity index (χ2v) is 8.01. The van der Waals surface area contributed by atoms with Crippen molar-refractivity contribution in [1.82, 2.24) is 29.1 Å². The van der Waals surface area contributed by atoms with Crippen LogP contribution >= 0.6 is 0 Å². The number of anilines is 1. The fourth-order valence-corrected chi connectivity index (χ4v) is 3.85. The molecule has 4 aromatic heterocycles. The molecule has 1 aromatic carbocycles. The van der Waals surface area contributed by atoms with Crippen LogP contribution in [0.15, 0.2) is 60.8 Å². The number of aryl methyl sites for hydroxylation is 4. The van der Waals surface area contributed by atoms with Crippen LogP contribution in [0.25, 0.3) is 11.5 Å². The molecule has 9 nitrogen and oxygen atoms in total. The van der Waals surface area contributed by atoms with Crippen LogP contribution in [0.5, 0.6) is 11.6 Å². The Kier molecular flexibility index (Phi) is 5.29. The zero-order valence-electron chi connectivity index (χ0n) is 19.3. The Morgan fingerprint density at radius 3 is 2.47 bits per heavy atom. The van der Waals surface area contributed by atoms with Gasteiger partial charge in [0.2, 0.25) is 5.88 Å². The van der Waals surface area contributed by atoms with Gasteiger partial charge in [-0.25, -0.2) is 14.6 Å². The molecule has 1 N–H and O–H groups in total. The van der Waals surface area contributed by atoms with E-state index in [0.717, 1.165) is 17.0 Å². The standard InChI is InChI=1S/C25H23N7O2/c1-15-13-16(2)32(30-15)22-14-23(28-18(4)27-22)34-20-10-8-19(9-11-20)29-25(33)24-17(3)26-21-7-5-6-12-31(21)24/h5-14H,1-4H3,(H,29,33). The molecular weight excluding hydrogens is 430 g/mol. The molecule has 1 amide bonds. The van der Waals surface area contributed by atoms with Gasteiger partial charge in [0.05, 0.1) is 11.4 Å². The summed E-state index contributed by atoms with van der Waals surface area (Å²) in [7, 11) is 0. The lowest BCUT2D eigenvalue weighted by molar-refractivity contribution is 0.102. The van der Waals surface area contributed by atoms with Crippen molar-refractivity contribution in [3.63, 3.8) is 0 Å². The third kappa shape index (κ3) is 4.11. The summed E-state index contributed by atoms with van der Waals surface area (Å²) in [5, 5.41) is 7.40. The van der Waals surface area contributed by atoms with Crippen molar-refractivity contribution in [2.45, 2.75) is 27.7 Å². The zero-order valence-corrected chi connectivity index (χ0v) is 19.3. The van der Waals surface area contributed by atoms with Gasteiger partial charge in [0.1, 0.15) is 22.9 Å². The predicted octanol–water partition coefficient (Wildman–Crippen LogP) is 4.59. The Morgan fingerprint density at radius 2 is 1.74 bits per heavy atom. The second-order valence-electron chi connectivity index (χ2n) is 8.01. The fraction of sp³-hybridized carbons (Fsp3) is 0.160. The average Bonchev–Trinajstić information content (AvgIpc) is 3.32. The number of aromatic nitrogens is 6. The van der Waals surface area contributed by atoms with Crippen LogP contribution in [-0.2, 0) is 0 Å². The fourth-order valence-electron chi connectivity index (χ4n) is 3.85. The maximum Gasteiger partial charge on any atom is 0.274 e. The van der Waals surface area contributed by atoms with E-state index >= 15 is 0 Å². The molecule has 0 saturated heterocycles. The molecule has 4 heterocycles. The van der Waals surface area contributed by atoms with Gasteiger partial charge in [0, 0.05) is 23.6 Å². The molecule has 9 heteroatoms. The third-order valence-electron chi connectivity index (χ3n) is 5.28. The Morgan fingerprint density at radius 1 is 0.941 bits per heavy atom. The summed E-state index contributed by atoms with van der Waals surface area (Å²) in [6.45, 7) is 7.54. The van der Waals surface area contributed by atoms with Crippen molar-refractivity contribution in [3.05, 3.63) is 89.4 Å². The van der Waals surface area contributed by atoms with E-state index in [4.69, 9.17) is 4.74 Å². The summed E-state index contributed by atoms with van der Waals surface area (Å²) >= 11 is 0. The molecule has 34 heavy (non-hydrogen) atoms. The molecule has 5 rings (SSSR count). The van der Waals surface area contributed by atoms with E-state index in [9.17, 15) is 4.79 Å². The maximum atomic E-state index is 12.9. The number of hydrogen-bond acceptors (Lipinski definition) is 6. The molecule has 0 atom stereocenters. The van der Waals surface area contributed by atoms with Crippen molar-refractivity contribution in [3.8, 4) is 17.4 Å². The van der Waals surface area contributed by atoms with E-state index in [2.05, 4.69) is 25.4 Å². The largest absolute Gasteiger partial charge is 0.439 e. The van der Waals surface area contributed by atoms with Gasteiger partial charge in [0.15, 0.2) is 5.82 Å². The minimum absolute atomic E-state index is 0.231. The summed E-state index contributed by atoms with van der Waals surface area (Å²) in [6.07, 6.45) is 1.82. The van der Waals surface area contributed by atoms with Crippen LogP contribution in [0, 0.1) is 27.7 Å². The van der Waals surface area contributed by atoms with Gasteiger partial charge in [0.25, 0.3) is 5.91 Å². The topological polar surface area (TPSA) is 99.2 Å². The number of carbonyl (C=O) groups is 1. The van der Waals surface area contributed by atoms with Crippen LogP contribution in [0.2, 0.25) is 0 Å². The number of pyridine rings is 1. The Hall–Kier alpha value is -4.53. The summed E-state index contributed by atoms with van der Waals surface area (Å²) in [5.41, 5.74) is 4.43. The Balaban J connectivity index is 1.33. The van der Waals surface area contributed by atoms with E-state index in [-0.39, 0.29) is 5.91 Å². The predicted molar refractivity (Wildman–Crippen MR) is 128 cm³/mol. The first-order valence-corrected chi connectivity index (χ1v) is 10.8. The summed E-state index contributed by atoms with van der Waals surface area (Å²) in [6, 6.07) is 16.5. The first kappa shape index (κ1) is 21.3. The third-order valence-corrected chi connectivity index (χ3v) is 5.28. The van der Waals surface area contributed by atoms with E-state index in [1.807, 2.05) is 58.2 Å². The number of hydrogen-bond donors (Lipinski definition) is 1. The number of rotatable bonds is 5. The van der Waals surface area contributed by atoms with Crippen LogP contribution < -0.4 is 10.1 Å². The summed E-state index contributed by atoms with van der Waals surface area (Å²) in [4.78, 5) is 26.2. The first-order valence-electron chi connectivity index (χ1n) is 10.8. The molecule has 0 unspecified atom stereocenters. The Bertz CT molecular complexity index is 1520. The lowest BCUT2D eigenvalue weighted by Gasteiger charge is -2.10. The van der Waals surface area contributed by atoms with Gasteiger partial charge in [-0.1, -0.05) is 6.07 Å². The number of nitrogens with zero attached hydrogens (tertiary/aromatic N) is 6. The van der Waals surface area contributed by atoms with E-state index in [0.29, 0.717) is 40.3 Å². The lowest BCUT2D eigenvalue weighted by atomic mass is 10.2. The molecule has 0 bridgehead atoms. The Labute approximate surface area is 196 Å². The molecule has 0 saturated carbocycles. The van der Waals surface area contributed by atoms with Crippen molar-refractivity contribution < 1.29 is 9.53 Å². The van der Waals surface area contributed by atoms with Crippen LogP contribution in [0.3, 0.4) is 0 Å². The number of ether oxygens (including phenoxy) is 1. The summed E-state index contributed by atoms with van der Waals surface area (Å²) < 4.78 is 9.50. The van der Waals surface area contributed by atoms with Gasteiger partial charge in [-0.2, -0.15) is 10.1 Å². The van der Waals surface area contributed by atoms with Gasteiger partial charge in [-0.15, -0.1) is 0 Å². The normalized spacial score (nSPS) is 11.1. The van der Waals surface area contributed by atoms with Gasteiger partial charge in [-0.05, 0) is 70.2 Å². The van der Waals surface area contributed by atoms with Crippen LogP contribution in [0.1, 0.15) is 33.4 Å². The molecule has 0 aliphatic heterocycles.